The minimum Gasteiger partial charge on any atom is -0.463 e. The van der Waals surface area contributed by atoms with Crippen LogP contribution in [0.5, 0.6) is 0 Å². The average molecular weight is 298 g/mol. The number of rotatable bonds is 4. The Balaban J connectivity index is 4.53. The Hall–Kier alpha value is -0.430. The second-order valence-electron chi connectivity index (χ2n) is 2.30. The molecule has 74 valence electrons. The second kappa shape index (κ2) is 6.09. The number of aliphatic hydroxyl groups excluding tert-OH is 1. The molecule has 0 spiro atoms. The number of carbonyl (C=O) groups is 2. The third kappa shape index (κ3) is 3.86. The molecule has 0 aliphatic heterocycles. The highest BCUT2D eigenvalue weighted by molar-refractivity contribution is 14.1. The molecule has 0 unspecified atom stereocenters. The van der Waals surface area contributed by atoms with Crippen LogP contribution in [0.4, 0.5) is 0 Å². The van der Waals surface area contributed by atoms with Gasteiger partial charge in [0.1, 0.15) is 6.10 Å². The van der Waals surface area contributed by atoms with E-state index in [9.17, 15) is 14.7 Å². The lowest BCUT2D eigenvalue weighted by atomic mass is 10.1. The largest absolute Gasteiger partial charge is 0.463 e. The van der Waals surface area contributed by atoms with Crippen LogP contribution >= 0.6 is 22.6 Å². The Morgan fingerprint density at radius 2 is 2.15 bits per heavy atom. The van der Waals surface area contributed by atoms with Crippen LogP contribution in [-0.2, 0) is 14.3 Å². The molecular weight excluding hydrogens is 287 g/mol. The van der Waals surface area contributed by atoms with E-state index < -0.39 is 17.9 Å². The number of hydrogen-bond donors (Lipinski definition) is 1. The van der Waals surface area contributed by atoms with E-state index in [0.717, 1.165) is 0 Å². The number of ether oxygens (including phenoxy) is 1. The molecule has 0 aromatic carbocycles. The first-order valence-electron chi connectivity index (χ1n) is 3.70. The molecule has 1 atom stereocenters. The van der Waals surface area contributed by atoms with E-state index in [4.69, 9.17) is 0 Å². The van der Waals surface area contributed by atoms with Crippen LogP contribution in [0.15, 0.2) is 9.66 Å². The van der Waals surface area contributed by atoms with Crippen LogP contribution in [-0.4, -0.2) is 29.6 Å². The summed E-state index contributed by atoms with van der Waals surface area (Å²) in [6.45, 7) is 3.09. The normalized spacial score (nSPS) is 13.7. The first-order valence-corrected chi connectivity index (χ1v) is 4.95. The summed E-state index contributed by atoms with van der Waals surface area (Å²) in [6.07, 6.45) is -1.38. The van der Waals surface area contributed by atoms with Gasteiger partial charge in [-0.25, -0.2) is 4.79 Å². The molecule has 0 rings (SSSR count). The topological polar surface area (TPSA) is 63.6 Å². The molecule has 13 heavy (non-hydrogen) atoms. The maximum atomic E-state index is 11.1. The van der Waals surface area contributed by atoms with Gasteiger partial charge < -0.3 is 9.84 Å². The summed E-state index contributed by atoms with van der Waals surface area (Å²) in [5.74, 6) is -1.13. The molecule has 1 N–H and O–H groups in total. The van der Waals surface area contributed by atoms with Gasteiger partial charge in [0.05, 0.1) is 12.2 Å². The summed E-state index contributed by atoms with van der Waals surface area (Å²) in [4.78, 5) is 21.9. The molecule has 0 radical (unpaired) electrons. The fourth-order valence-electron chi connectivity index (χ4n) is 0.649. The summed E-state index contributed by atoms with van der Waals surface area (Å²) in [5.41, 5.74) is -0.0186. The number of carbonyl (C=O) groups excluding carboxylic acids is 2. The van der Waals surface area contributed by atoms with Crippen LogP contribution in [0.25, 0.3) is 0 Å². The highest BCUT2D eigenvalue weighted by Gasteiger charge is 2.22. The summed E-state index contributed by atoms with van der Waals surface area (Å²) < 4.78 is 5.99. The van der Waals surface area contributed by atoms with Gasteiger partial charge in [0, 0.05) is 0 Å². The van der Waals surface area contributed by atoms with Crippen molar-refractivity contribution in [1.82, 2.24) is 0 Å². The molecule has 0 aliphatic rings. The molecule has 0 aliphatic carbocycles. The van der Waals surface area contributed by atoms with Crippen molar-refractivity contribution < 1.29 is 19.4 Å². The lowest BCUT2D eigenvalue weighted by Gasteiger charge is -2.09. The van der Waals surface area contributed by atoms with Crippen molar-refractivity contribution in [2.24, 2.45) is 0 Å². The smallest absolute Gasteiger partial charge is 0.337 e. The fourth-order valence-corrected chi connectivity index (χ4v) is 1.24. The van der Waals surface area contributed by atoms with Crippen molar-refractivity contribution in [3.8, 4) is 0 Å². The van der Waals surface area contributed by atoms with Crippen LogP contribution in [0.3, 0.4) is 0 Å². The predicted octanol–water partition coefficient (Wildman–Crippen LogP) is 0.818. The van der Waals surface area contributed by atoms with Crippen molar-refractivity contribution in [3.05, 3.63) is 9.66 Å². The Kier molecular flexibility index (Phi) is 5.89. The Bertz CT molecular complexity index is 234. The molecule has 0 aromatic rings. The van der Waals surface area contributed by atoms with Crippen molar-refractivity contribution in [2.45, 2.75) is 20.0 Å². The van der Waals surface area contributed by atoms with Gasteiger partial charge in [0.2, 0.25) is 0 Å². The maximum Gasteiger partial charge on any atom is 0.337 e. The molecule has 0 saturated carbocycles. The zero-order valence-electron chi connectivity index (χ0n) is 7.41. The maximum absolute atomic E-state index is 11.1. The standard InChI is InChI=1S/C8H11IO4/c1-3-13-8(12)6(4-9)7(11)5(2)10/h4,7,11H,3H2,1-2H3/b6-4-/t7-/m1/s1. The van der Waals surface area contributed by atoms with E-state index in [0.29, 0.717) is 0 Å². The minimum absolute atomic E-state index is 0.0186. The molecule has 0 heterocycles. The molecule has 4 nitrogen and oxygen atoms in total. The van der Waals surface area contributed by atoms with Crippen molar-refractivity contribution in [3.63, 3.8) is 0 Å². The SMILES string of the molecule is CCOC(=O)/C(=C\I)[C@H](O)C(C)=O. The number of hydrogen-bond acceptors (Lipinski definition) is 4. The summed E-state index contributed by atoms with van der Waals surface area (Å²) >= 11 is 1.78. The van der Waals surface area contributed by atoms with Crippen LogP contribution in [0.1, 0.15) is 13.8 Å². The molecule has 5 heteroatoms. The molecule has 0 fully saturated rings. The number of halogens is 1. The molecule has 0 amide bonds. The lowest BCUT2D eigenvalue weighted by Crippen LogP contribution is -2.26. The second-order valence-corrected chi connectivity index (χ2v) is 2.92. The van der Waals surface area contributed by atoms with Crippen molar-refractivity contribution >= 4 is 34.3 Å². The first kappa shape index (κ1) is 12.6. The number of Topliss-reactive ketones (excluding diaryl/α,β-unsaturated/α-hetero) is 1. The van der Waals surface area contributed by atoms with Gasteiger partial charge in [-0.05, 0) is 17.9 Å². The van der Waals surface area contributed by atoms with E-state index in [1.807, 2.05) is 0 Å². The summed E-state index contributed by atoms with van der Waals surface area (Å²) in [6, 6.07) is 0. The van der Waals surface area contributed by atoms with Gasteiger partial charge >= 0.3 is 5.97 Å². The third-order valence-electron chi connectivity index (χ3n) is 1.31. The van der Waals surface area contributed by atoms with Crippen molar-refractivity contribution in [1.29, 1.82) is 0 Å². The monoisotopic (exact) mass is 298 g/mol. The Labute approximate surface area is 90.1 Å². The van der Waals surface area contributed by atoms with E-state index in [-0.39, 0.29) is 12.2 Å². The molecule has 0 saturated heterocycles. The molecule has 0 aromatic heterocycles. The van der Waals surface area contributed by atoms with Crippen LogP contribution in [0, 0.1) is 0 Å². The fraction of sp³-hybridized carbons (Fsp3) is 0.500. The van der Waals surface area contributed by atoms with Gasteiger partial charge in [0.25, 0.3) is 0 Å². The van der Waals surface area contributed by atoms with Crippen molar-refractivity contribution in [2.75, 3.05) is 6.61 Å². The van der Waals surface area contributed by atoms with Gasteiger partial charge in [-0.1, -0.05) is 22.6 Å². The Morgan fingerprint density at radius 1 is 1.62 bits per heavy atom. The number of esters is 1. The van der Waals surface area contributed by atoms with E-state index >= 15 is 0 Å². The van der Waals surface area contributed by atoms with E-state index in [1.165, 1.54) is 11.0 Å². The predicted molar refractivity (Wildman–Crippen MR) is 55.4 cm³/mol. The van der Waals surface area contributed by atoms with Crippen LogP contribution < -0.4 is 0 Å². The number of aliphatic hydroxyl groups is 1. The number of ketones is 1. The van der Waals surface area contributed by atoms with E-state index in [2.05, 4.69) is 4.74 Å². The Morgan fingerprint density at radius 3 is 2.46 bits per heavy atom. The van der Waals surface area contributed by atoms with Gasteiger partial charge in [-0.3, -0.25) is 4.79 Å². The zero-order chi connectivity index (χ0) is 10.4. The quantitative estimate of drug-likeness (QED) is 0.474. The van der Waals surface area contributed by atoms with Gasteiger partial charge in [0.15, 0.2) is 5.78 Å². The van der Waals surface area contributed by atoms with E-state index in [1.54, 1.807) is 29.5 Å². The molecular formula is C8H11IO4. The highest BCUT2D eigenvalue weighted by Crippen LogP contribution is 2.09. The summed E-state index contributed by atoms with van der Waals surface area (Å²) in [7, 11) is 0. The average Bonchev–Trinajstić information content (AvgIpc) is 2.05. The minimum atomic E-state index is -1.38. The van der Waals surface area contributed by atoms with Crippen LogP contribution in [0.2, 0.25) is 0 Å². The summed E-state index contributed by atoms with van der Waals surface area (Å²) in [5, 5.41) is 9.26. The molecule has 0 bridgehead atoms. The van der Waals surface area contributed by atoms with Gasteiger partial charge in [-0.15, -0.1) is 0 Å². The zero-order valence-corrected chi connectivity index (χ0v) is 9.57. The van der Waals surface area contributed by atoms with Gasteiger partial charge in [-0.2, -0.15) is 0 Å². The third-order valence-corrected chi connectivity index (χ3v) is 1.98. The lowest BCUT2D eigenvalue weighted by molar-refractivity contribution is -0.141. The first-order chi connectivity index (χ1) is 6.04. The highest BCUT2D eigenvalue weighted by atomic mass is 127.